The van der Waals surface area contributed by atoms with E-state index in [9.17, 15) is 4.79 Å². The molecule has 0 saturated carbocycles. The van der Waals surface area contributed by atoms with E-state index in [1.165, 1.54) is 0 Å². The lowest BCUT2D eigenvalue weighted by molar-refractivity contribution is -0.491. The number of hydrogen-bond acceptors (Lipinski definition) is 4. The zero-order chi connectivity index (χ0) is 19.2. The van der Waals surface area contributed by atoms with Crippen molar-refractivity contribution < 1.29 is 32.1 Å². The smallest absolute Gasteiger partial charge is 0.225 e. The summed E-state index contributed by atoms with van der Waals surface area (Å²) in [6, 6.07) is 17.9. The zero-order valence-electron chi connectivity index (χ0n) is 15.6. The van der Waals surface area contributed by atoms with Crippen molar-refractivity contribution in [3.63, 3.8) is 0 Å². The molecule has 0 aromatic heterocycles. The van der Waals surface area contributed by atoms with Crippen LogP contribution in [0.5, 0.6) is 0 Å². The van der Waals surface area contributed by atoms with Crippen LogP contribution in [0.15, 0.2) is 54.6 Å². The van der Waals surface area contributed by atoms with Crippen LogP contribution in [-0.4, -0.2) is 41.1 Å². The minimum absolute atomic E-state index is 0.0444. The van der Waals surface area contributed by atoms with Gasteiger partial charge in [0.2, 0.25) is 5.91 Å². The number of anilines is 2. The number of rotatable bonds is 6. The van der Waals surface area contributed by atoms with Gasteiger partial charge < -0.3 is 42.9 Å². The molecule has 2 atom stereocenters. The predicted octanol–water partition coefficient (Wildman–Crippen LogP) is -0.0353. The van der Waals surface area contributed by atoms with Gasteiger partial charge in [-0.15, -0.1) is 0 Å². The number of piperazine rings is 1. The van der Waals surface area contributed by atoms with Gasteiger partial charge in [0.1, 0.15) is 0 Å². The Morgan fingerprint density at radius 2 is 1.70 bits per heavy atom. The highest BCUT2D eigenvalue weighted by molar-refractivity contribution is 5.77. The first-order valence-electron chi connectivity index (χ1n) is 9.25. The Balaban J connectivity index is 1.58. The number of ether oxygens (including phenoxy) is 1. The number of nitrogen functional groups attached to an aromatic ring is 1. The number of nitrogens with zero attached hydrogens (tertiary/aromatic N) is 2. The topological polar surface area (TPSA) is 58.8 Å². The van der Waals surface area contributed by atoms with Crippen molar-refractivity contribution in [2.24, 2.45) is 0 Å². The molecule has 2 aromatic rings. The van der Waals surface area contributed by atoms with Crippen LogP contribution in [0.2, 0.25) is 0 Å². The second-order valence-corrected chi connectivity index (χ2v) is 8.50. The maximum absolute atomic E-state index is 12.9. The fourth-order valence-corrected chi connectivity index (χ4v) is 3.68. The molecule has 6 heteroatoms. The van der Waals surface area contributed by atoms with Gasteiger partial charge in [0.15, 0.2) is 0 Å². The van der Waals surface area contributed by atoms with Crippen molar-refractivity contribution in [1.82, 2.24) is 4.90 Å². The number of hydrogen-bond donors (Lipinski definition) is 1. The minimum atomic E-state index is -0.208. The summed E-state index contributed by atoms with van der Waals surface area (Å²) in [5, 5.41) is 0. The Kier molecular flexibility index (Phi) is 6.95. The van der Waals surface area contributed by atoms with E-state index < -0.39 is 0 Å². The number of carbonyl (C=O) groups excluding carboxylic acids is 1. The van der Waals surface area contributed by atoms with Crippen LogP contribution in [0, 0.1) is 0 Å². The van der Waals surface area contributed by atoms with Crippen molar-refractivity contribution in [1.29, 1.82) is 0 Å². The van der Waals surface area contributed by atoms with Crippen LogP contribution in [0.3, 0.4) is 0 Å². The van der Waals surface area contributed by atoms with Crippen LogP contribution < -0.4 is 33.2 Å². The summed E-state index contributed by atoms with van der Waals surface area (Å²) in [6.07, 6.45) is 0.167. The Bertz CT molecular complexity index is 729. The van der Waals surface area contributed by atoms with E-state index in [4.69, 9.17) is 10.5 Å². The Hall–Kier alpha value is -1.80. The van der Waals surface area contributed by atoms with Crippen LogP contribution in [0.1, 0.15) is 25.0 Å². The summed E-state index contributed by atoms with van der Waals surface area (Å²) in [7, 11) is 0. The summed E-state index contributed by atoms with van der Waals surface area (Å²) in [5.41, 5.74) is 8.73. The first kappa shape index (κ1) is 19.9. The molecule has 0 bridgehead atoms. The van der Waals surface area contributed by atoms with Gasteiger partial charge >= 0.3 is 0 Å². The lowest BCUT2D eigenvalue weighted by Gasteiger charge is -2.37. The molecule has 145 valence electrons. The fraction of sp³-hybridized carbons (Fsp3) is 0.381. The lowest BCUT2D eigenvalue weighted by atomic mass is 10.1. The quantitative estimate of drug-likeness (QED) is 0.359. The molecule has 1 aliphatic rings. The minimum Gasteiger partial charge on any atom is -0.763 e. The van der Waals surface area contributed by atoms with Gasteiger partial charge in [-0.05, 0) is 29.8 Å². The van der Waals surface area contributed by atoms with Crippen molar-refractivity contribution in [2.45, 2.75) is 23.6 Å². The van der Waals surface area contributed by atoms with Crippen LogP contribution in [0.25, 0.3) is 0 Å². The predicted molar refractivity (Wildman–Crippen MR) is 104 cm³/mol. The monoisotopic (exact) mass is 479 g/mol. The van der Waals surface area contributed by atoms with Crippen molar-refractivity contribution >= 4 is 17.3 Å². The molecular weight excluding hydrogens is 453 g/mol. The number of alkyl halides is 1. The number of amides is 1. The van der Waals surface area contributed by atoms with E-state index in [1.807, 2.05) is 66.4 Å². The fourth-order valence-electron chi connectivity index (χ4n) is 3.33. The molecule has 5 nitrogen and oxygen atoms in total. The molecule has 1 fully saturated rings. The highest BCUT2D eigenvalue weighted by Crippen LogP contribution is 2.24. The van der Waals surface area contributed by atoms with Crippen molar-refractivity contribution in [3.8, 4) is 0 Å². The lowest BCUT2D eigenvalue weighted by Crippen LogP contribution is -3.39. The molecule has 2 aromatic carbocycles. The summed E-state index contributed by atoms with van der Waals surface area (Å²) in [4.78, 5) is 17.1. The average Bonchev–Trinajstić information content (AvgIpc) is 2.68. The van der Waals surface area contributed by atoms with E-state index in [-0.39, 0.29) is 16.1 Å². The molecule has 1 aliphatic heterocycles. The summed E-state index contributed by atoms with van der Waals surface area (Å²) >= 11 is 2.23. The van der Waals surface area contributed by atoms with Gasteiger partial charge in [0, 0.05) is 37.6 Å². The maximum atomic E-state index is 12.9. The number of benzene rings is 2. The third-order valence-electron chi connectivity index (χ3n) is 4.77. The van der Waals surface area contributed by atoms with E-state index in [0.717, 1.165) is 43.1 Å². The van der Waals surface area contributed by atoms with E-state index >= 15 is 0 Å². The largest absolute Gasteiger partial charge is 0.763 e. The van der Waals surface area contributed by atoms with Gasteiger partial charge in [0.05, 0.1) is 12.5 Å². The van der Waals surface area contributed by atoms with Gasteiger partial charge in [-0.2, -0.15) is 0 Å². The highest BCUT2D eigenvalue weighted by Gasteiger charge is 2.24. The SMILES string of the molecule is CC([I-])O[C@H](CC(=O)N1CCN(c2ccc(N)cc2)CC1)c1ccccc1. The van der Waals surface area contributed by atoms with E-state index in [2.05, 4.69) is 27.5 Å². The molecule has 0 spiro atoms. The van der Waals surface area contributed by atoms with Gasteiger partial charge in [-0.3, -0.25) is 4.79 Å². The van der Waals surface area contributed by atoms with E-state index in [1.54, 1.807) is 0 Å². The van der Waals surface area contributed by atoms with Crippen LogP contribution in [0.4, 0.5) is 11.4 Å². The van der Waals surface area contributed by atoms with Crippen molar-refractivity contribution in [3.05, 3.63) is 60.2 Å². The summed E-state index contributed by atoms with van der Waals surface area (Å²) in [5.74, 6) is 0.151. The van der Waals surface area contributed by atoms with E-state index in [0.29, 0.717) is 6.42 Å². The third kappa shape index (κ3) is 5.59. The molecule has 1 radical (unpaired) electrons. The average molecular weight is 479 g/mol. The number of carbonyl (C=O) groups is 1. The Morgan fingerprint density at radius 1 is 1.07 bits per heavy atom. The maximum Gasteiger partial charge on any atom is 0.225 e. The molecular formula is C21H26IN3O2-. The van der Waals surface area contributed by atoms with Crippen molar-refractivity contribution in [2.75, 3.05) is 36.8 Å². The van der Waals surface area contributed by atoms with Gasteiger partial charge in [-0.1, -0.05) is 41.4 Å². The normalized spacial score (nSPS) is 16.8. The zero-order valence-corrected chi connectivity index (χ0v) is 17.7. The molecule has 3 rings (SSSR count). The Labute approximate surface area is 174 Å². The second kappa shape index (κ2) is 9.41. The first-order valence-corrected chi connectivity index (χ1v) is 10.5. The number of nitrogens with two attached hydrogens (primary N) is 1. The molecule has 0 aliphatic carbocycles. The molecule has 1 heterocycles. The summed E-state index contributed by atoms with van der Waals surface area (Å²) < 4.78 is 6.06. The third-order valence-corrected chi connectivity index (χ3v) is 5.07. The van der Waals surface area contributed by atoms with Gasteiger partial charge in [-0.25, -0.2) is 0 Å². The first-order chi connectivity index (χ1) is 13.0. The summed E-state index contributed by atoms with van der Waals surface area (Å²) in [6.45, 7) is 5.10. The van der Waals surface area contributed by atoms with Crippen LogP contribution in [-0.2, 0) is 9.53 Å². The second-order valence-electron chi connectivity index (χ2n) is 6.74. The molecule has 27 heavy (non-hydrogen) atoms. The standard InChI is InChI=1S/C21H26IN3O2/c1-16(22)27-20(17-5-3-2-4-6-17)15-21(26)25-13-11-24(12-14-25)19-9-7-18(23)8-10-19/h2-10,16,20H,11-15,23H2,1H3/q-1/t16?,20-/m1/s1. The molecule has 2 N–H and O–H groups in total. The highest BCUT2D eigenvalue weighted by atomic mass is 127. The molecule has 1 saturated heterocycles. The molecule has 1 unspecified atom stereocenters. The van der Waals surface area contributed by atoms with Crippen LogP contribution >= 0.6 is 0 Å². The molecule has 1 amide bonds. The Morgan fingerprint density at radius 3 is 2.30 bits per heavy atom. The number of halogens is 1. The van der Waals surface area contributed by atoms with Gasteiger partial charge in [0.25, 0.3) is 0 Å².